The molecule has 0 aliphatic carbocycles. The molecule has 0 saturated carbocycles. The second-order valence-electron chi connectivity index (χ2n) is 8.05. The number of hydrogen-bond donors (Lipinski definition) is 1. The van der Waals surface area contributed by atoms with Crippen molar-refractivity contribution < 1.29 is 0 Å². The molecule has 2 saturated heterocycles. The summed E-state index contributed by atoms with van der Waals surface area (Å²) >= 11 is 0. The molecule has 0 bridgehead atoms. The van der Waals surface area contributed by atoms with Crippen LogP contribution >= 0.6 is 0 Å². The molecule has 2 atom stereocenters. The minimum atomic E-state index is 0.650. The fourth-order valence-corrected chi connectivity index (χ4v) is 4.29. The molecule has 0 spiro atoms. The number of piperidine rings is 1. The zero-order chi connectivity index (χ0) is 16.8. The molecule has 1 N–H and O–H groups in total. The van der Waals surface area contributed by atoms with Gasteiger partial charge < -0.3 is 10.2 Å². The van der Waals surface area contributed by atoms with Crippen LogP contribution < -0.4 is 5.32 Å². The summed E-state index contributed by atoms with van der Waals surface area (Å²) in [5.41, 5.74) is 1.45. The molecular formula is C21H35N3. The van der Waals surface area contributed by atoms with Crippen LogP contribution in [0.25, 0.3) is 0 Å². The third kappa shape index (κ3) is 5.30. The third-order valence-corrected chi connectivity index (χ3v) is 6.12. The van der Waals surface area contributed by atoms with Crippen molar-refractivity contribution in [2.24, 2.45) is 11.8 Å². The van der Waals surface area contributed by atoms with E-state index in [4.69, 9.17) is 0 Å². The predicted octanol–water partition coefficient (Wildman–Crippen LogP) is 3.22. The fourth-order valence-electron chi connectivity index (χ4n) is 4.29. The minimum Gasteiger partial charge on any atom is -0.314 e. The average molecular weight is 330 g/mol. The molecule has 3 rings (SSSR count). The van der Waals surface area contributed by atoms with E-state index in [0.29, 0.717) is 6.04 Å². The van der Waals surface area contributed by atoms with E-state index < -0.39 is 0 Å². The van der Waals surface area contributed by atoms with Gasteiger partial charge in [-0.1, -0.05) is 30.3 Å². The van der Waals surface area contributed by atoms with Gasteiger partial charge in [0.2, 0.25) is 0 Å². The quantitative estimate of drug-likeness (QED) is 0.829. The van der Waals surface area contributed by atoms with Gasteiger partial charge >= 0.3 is 0 Å². The maximum absolute atomic E-state index is 3.83. The van der Waals surface area contributed by atoms with Gasteiger partial charge in [0.05, 0.1) is 0 Å². The summed E-state index contributed by atoms with van der Waals surface area (Å²) in [6.07, 6.45) is 5.48. The highest BCUT2D eigenvalue weighted by molar-refractivity contribution is 5.14. The Bertz CT molecular complexity index is 467. The van der Waals surface area contributed by atoms with E-state index in [-0.39, 0.29) is 0 Å². The molecule has 134 valence electrons. The lowest BCUT2D eigenvalue weighted by molar-refractivity contribution is 0.209. The largest absolute Gasteiger partial charge is 0.314 e. The Balaban J connectivity index is 1.33. The van der Waals surface area contributed by atoms with Crippen molar-refractivity contribution in [1.82, 2.24) is 15.1 Å². The number of nitrogens with one attached hydrogen (secondary N) is 1. The van der Waals surface area contributed by atoms with Crippen LogP contribution in [-0.2, 0) is 6.54 Å². The number of nitrogens with zero attached hydrogens (tertiary/aromatic N) is 2. The van der Waals surface area contributed by atoms with E-state index in [1.165, 1.54) is 64.0 Å². The molecule has 1 aromatic rings. The molecule has 2 aliphatic heterocycles. The Labute approximate surface area is 148 Å². The van der Waals surface area contributed by atoms with Crippen molar-refractivity contribution in [2.75, 3.05) is 39.8 Å². The second kappa shape index (κ2) is 8.98. The lowest BCUT2D eigenvalue weighted by Crippen LogP contribution is -2.37. The lowest BCUT2D eigenvalue weighted by Gasteiger charge is -2.29. The molecule has 2 heterocycles. The van der Waals surface area contributed by atoms with Crippen molar-refractivity contribution in [2.45, 2.75) is 45.2 Å². The van der Waals surface area contributed by atoms with E-state index in [1.807, 2.05) is 0 Å². The van der Waals surface area contributed by atoms with Gasteiger partial charge in [-0.15, -0.1) is 0 Å². The first kappa shape index (κ1) is 17.9. The van der Waals surface area contributed by atoms with Crippen LogP contribution in [0, 0.1) is 11.8 Å². The van der Waals surface area contributed by atoms with Gasteiger partial charge in [0.1, 0.15) is 0 Å². The number of hydrogen-bond acceptors (Lipinski definition) is 3. The van der Waals surface area contributed by atoms with Crippen LogP contribution in [0.3, 0.4) is 0 Å². The maximum atomic E-state index is 3.83. The van der Waals surface area contributed by atoms with E-state index >= 15 is 0 Å². The first-order chi connectivity index (χ1) is 11.7. The van der Waals surface area contributed by atoms with Crippen molar-refractivity contribution in [3.63, 3.8) is 0 Å². The molecule has 2 aliphatic rings. The average Bonchev–Trinajstić information content (AvgIpc) is 3.06. The van der Waals surface area contributed by atoms with Gasteiger partial charge in [-0.05, 0) is 83.2 Å². The molecule has 0 aromatic heterocycles. The maximum Gasteiger partial charge on any atom is 0.0233 e. The van der Waals surface area contributed by atoms with E-state index in [1.54, 1.807) is 0 Å². The molecule has 24 heavy (non-hydrogen) atoms. The summed E-state index contributed by atoms with van der Waals surface area (Å²) < 4.78 is 0. The van der Waals surface area contributed by atoms with Crippen molar-refractivity contribution in [3.05, 3.63) is 35.9 Å². The zero-order valence-corrected chi connectivity index (χ0v) is 15.6. The molecular weight excluding hydrogens is 294 g/mol. The van der Waals surface area contributed by atoms with Gasteiger partial charge in [0.15, 0.2) is 0 Å². The normalized spacial score (nSPS) is 25.2. The van der Waals surface area contributed by atoms with Crippen molar-refractivity contribution >= 4 is 0 Å². The summed E-state index contributed by atoms with van der Waals surface area (Å²) in [4.78, 5) is 5.08. The Morgan fingerprint density at radius 3 is 2.58 bits per heavy atom. The van der Waals surface area contributed by atoms with Gasteiger partial charge in [0.25, 0.3) is 0 Å². The molecule has 0 amide bonds. The predicted molar refractivity (Wildman–Crippen MR) is 102 cm³/mol. The second-order valence-corrected chi connectivity index (χ2v) is 8.05. The van der Waals surface area contributed by atoms with Crippen LogP contribution in [0.1, 0.15) is 38.2 Å². The van der Waals surface area contributed by atoms with Gasteiger partial charge in [0, 0.05) is 19.1 Å². The Morgan fingerprint density at radius 2 is 1.83 bits per heavy atom. The van der Waals surface area contributed by atoms with E-state index in [2.05, 4.69) is 59.4 Å². The topological polar surface area (TPSA) is 18.5 Å². The van der Waals surface area contributed by atoms with Gasteiger partial charge in [-0.25, -0.2) is 0 Å². The van der Waals surface area contributed by atoms with E-state index in [0.717, 1.165) is 18.4 Å². The van der Waals surface area contributed by atoms with Crippen LogP contribution in [-0.4, -0.2) is 55.6 Å². The summed E-state index contributed by atoms with van der Waals surface area (Å²) in [5, 5.41) is 3.83. The number of likely N-dealkylation sites (tertiary alicyclic amines) is 2. The van der Waals surface area contributed by atoms with Gasteiger partial charge in [-0.2, -0.15) is 0 Å². The third-order valence-electron chi connectivity index (χ3n) is 6.12. The van der Waals surface area contributed by atoms with Crippen molar-refractivity contribution in [3.8, 4) is 0 Å². The molecule has 3 heteroatoms. The minimum absolute atomic E-state index is 0.650. The van der Waals surface area contributed by atoms with Crippen molar-refractivity contribution in [1.29, 1.82) is 0 Å². The standard InChI is InChI=1S/C21H35N3/c1-18(22-12-8-19-9-13-23(2)14-10-19)21-11-15-24(17-21)16-20-6-4-3-5-7-20/h3-7,18-19,21-22H,8-17H2,1-2H3. The first-order valence-corrected chi connectivity index (χ1v) is 9.89. The summed E-state index contributed by atoms with van der Waals surface area (Å²) in [7, 11) is 2.25. The van der Waals surface area contributed by atoms with Crippen LogP contribution in [0.5, 0.6) is 0 Å². The van der Waals surface area contributed by atoms with Gasteiger partial charge in [-0.3, -0.25) is 4.90 Å². The fraction of sp³-hybridized carbons (Fsp3) is 0.714. The Hall–Kier alpha value is -0.900. The number of rotatable bonds is 7. The number of benzene rings is 1. The van der Waals surface area contributed by atoms with Crippen LogP contribution in [0.2, 0.25) is 0 Å². The van der Waals surface area contributed by atoms with Crippen LogP contribution in [0.4, 0.5) is 0 Å². The lowest BCUT2D eigenvalue weighted by atomic mass is 9.93. The molecule has 0 radical (unpaired) electrons. The SMILES string of the molecule is CC(NCCC1CCN(C)CC1)C1CCN(Cc2ccccc2)C1. The highest BCUT2D eigenvalue weighted by Crippen LogP contribution is 2.22. The van der Waals surface area contributed by atoms with E-state index in [9.17, 15) is 0 Å². The zero-order valence-electron chi connectivity index (χ0n) is 15.6. The monoisotopic (exact) mass is 329 g/mol. The Morgan fingerprint density at radius 1 is 1.08 bits per heavy atom. The highest BCUT2D eigenvalue weighted by Gasteiger charge is 2.27. The smallest absolute Gasteiger partial charge is 0.0233 e. The molecule has 2 unspecified atom stereocenters. The summed E-state index contributed by atoms with van der Waals surface area (Å²) in [5.74, 6) is 1.75. The molecule has 1 aromatic carbocycles. The summed E-state index contributed by atoms with van der Waals surface area (Å²) in [6.45, 7) is 9.78. The molecule has 3 nitrogen and oxygen atoms in total. The highest BCUT2D eigenvalue weighted by atomic mass is 15.2. The Kier molecular flexibility index (Phi) is 6.70. The van der Waals surface area contributed by atoms with Crippen LogP contribution in [0.15, 0.2) is 30.3 Å². The first-order valence-electron chi connectivity index (χ1n) is 9.89. The molecule has 2 fully saturated rings. The summed E-state index contributed by atoms with van der Waals surface area (Å²) in [6, 6.07) is 11.5.